The molecule has 0 saturated carbocycles. The topological polar surface area (TPSA) is 52.6 Å². The fourth-order valence-corrected chi connectivity index (χ4v) is 3.45. The molecule has 2 aromatic rings. The van der Waals surface area contributed by atoms with Gasteiger partial charge in [0.15, 0.2) is 0 Å². The third kappa shape index (κ3) is 9.25. The first kappa shape index (κ1) is 23.7. The van der Waals surface area contributed by atoms with Crippen molar-refractivity contribution in [2.45, 2.75) is 64.2 Å². The Hall–Kier alpha value is -2.62. The number of esters is 2. The lowest BCUT2D eigenvalue weighted by Crippen LogP contribution is -2.01. The Bertz CT molecular complexity index is 695. The third-order valence-corrected chi connectivity index (χ3v) is 5.42. The van der Waals surface area contributed by atoms with Crippen LogP contribution in [0.2, 0.25) is 0 Å². The Labute approximate surface area is 180 Å². The molecule has 0 spiro atoms. The van der Waals surface area contributed by atoms with Crippen molar-refractivity contribution in [3.05, 3.63) is 70.8 Å². The molecule has 0 unspecified atom stereocenters. The highest BCUT2D eigenvalue weighted by atomic mass is 16.5. The van der Waals surface area contributed by atoms with Crippen LogP contribution in [0.3, 0.4) is 0 Å². The second-order valence-electron chi connectivity index (χ2n) is 7.70. The molecule has 0 aliphatic heterocycles. The van der Waals surface area contributed by atoms with Crippen LogP contribution in [-0.4, -0.2) is 26.2 Å². The highest BCUT2D eigenvalue weighted by Gasteiger charge is 2.03. The fourth-order valence-electron chi connectivity index (χ4n) is 3.45. The van der Waals surface area contributed by atoms with E-state index in [1.165, 1.54) is 62.2 Å². The maximum atomic E-state index is 11.2. The summed E-state index contributed by atoms with van der Waals surface area (Å²) in [5, 5.41) is 0. The van der Waals surface area contributed by atoms with Gasteiger partial charge in [-0.05, 0) is 60.8 Å². The van der Waals surface area contributed by atoms with Crippen LogP contribution in [0.15, 0.2) is 48.5 Å². The van der Waals surface area contributed by atoms with Gasteiger partial charge >= 0.3 is 11.9 Å². The third-order valence-electron chi connectivity index (χ3n) is 5.42. The van der Waals surface area contributed by atoms with Gasteiger partial charge in [0.25, 0.3) is 0 Å². The summed E-state index contributed by atoms with van der Waals surface area (Å²) in [5.41, 5.74) is 5.08. The number of ether oxygens (including phenoxy) is 2. The lowest BCUT2D eigenvalue weighted by atomic mass is 10.0. The smallest absolute Gasteiger partial charge is 0.305 e. The molecule has 0 radical (unpaired) electrons. The zero-order valence-corrected chi connectivity index (χ0v) is 18.3. The van der Waals surface area contributed by atoms with Crippen molar-refractivity contribution in [2.24, 2.45) is 0 Å². The maximum absolute atomic E-state index is 11.2. The Morgan fingerprint density at radius 1 is 0.533 bits per heavy atom. The molecular formula is C26H34O4. The molecule has 0 saturated heterocycles. The number of carbonyl (C=O) groups excluding carboxylic acids is 2. The summed E-state index contributed by atoms with van der Waals surface area (Å²) in [7, 11) is 2.86. The molecule has 4 heteroatoms. The van der Waals surface area contributed by atoms with Crippen LogP contribution < -0.4 is 0 Å². The molecule has 30 heavy (non-hydrogen) atoms. The van der Waals surface area contributed by atoms with Gasteiger partial charge in [0.1, 0.15) is 0 Å². The van der Waals surface area contributed by atoms with Gasteiger partial charge in [-0.2, -0.15) is 0 Å². The molecule has 2 aromatic carbocycles. The quantitative estimate of drug-likeness (QED) is 0.335. The predicted octanol–water partition coefficient (Wildman–Crippen LogP) is 5.24. The van der Waals surface area contributed by atoms with Crippen LogP contribution >= 0.6 is 0 Å². The second kappa shape index (κ2) is 13.6. The Morgan fingerprint density at radius 2 is 0.833 bits per heavy atom. The molecular weight excluding hydrogens is 376 g/mol. The lowest BCUT2D eigenvalue weighted by molar-refractivity contribution is -0.141. The van der Waals surface area contributed by atoms with E-state index in [9.17, 15) is 9.59 Å². The lowest BCUT2D eigenvalue weighted by Gasteiger charge is -2.06. The molecule has 0 fully saturated rings. The van der Waals surface area contributed by atoms with Crippen molar-refractivity contribution in [1.82, 2.24) is 0 Å². The van der Waals surface area contributed by atoms with Crippen molar-refractivity contribution in [3.63, 3.8) is 0 Å². The van der Waals surface area contributed by atoms with E-state index in [-0.39, 0.29) is 11.9 Å². The van der Waals surface area contributed by atoms with Gasteiger partial charge in [-0.15, -0.1) is 0 Å². The normalized spacial score (nSPS) is 10.6. The van der Waals surface area contributed by atoms with Crippen molar-refractivity contribution >= 4 is 11.9 Å². The number of aryl methyl sites for hydroxylation is 4. The monoisotopic (exact) mass is 410 g/mol. The minimum Gasteiger partial charge on any atom is -0.469 e. The number of methoxy groups -OCH3 is 2. The number of carbonyl (C=O) groups is 2. The molecule has 0 heterocycles. The summed E-state index contributed by atoms with van der Waals surface area (Å²) in [6.07, 6.45) is 9.43. The molecule has 0 N–H and O–H groups in total. The first-order valence-electron chi connectivity index (χ1n) is 10.9. The van der Waals surface area contributed by atoms with Gasteiger partial charge in [0.05, 0.1) is 14.2 Å². The Kier molecular flexibility index (Phi) is 10.7. The van der Waals surface area contributed by atoms with Crippen molar-refractivity contribution in [2.75, 3.05) is 14.2 Å². The summed E-state index contributed by atoms with van der Waals surface area (Å²) in [5.74, 6) is -0.317. The number of unbranched alkanes of at least 4 members (excludes halogenated alkanes) is 3. The molecule has 4 nitrogen and oxygen atoms in total. The van der Waals surface area contributed by atoms with Gasteiger partial charge in [0.2, 0.25) is 0 Å². The van der Waals surface area contributed by atoms with Crippen LogP contribution in [0.5, 0.6) is 0 Å². The van der Waals surface area contributed by atoms with E-state index in [2.05, 4.69) is 58.0 Å². The fraction of sp³-hybridized carbons (Fsp3) is 0.462. The average molecular weight is 411 g/mol. The number of hydrogen-bond donors (Lipinski definition) is 0. The van der Waals surface area contributed by atoms with Gasteiger partial charge < -0.3 is 9.47 Å². The van der Waals surface area contributed by atoms with Gasteiger partial charge in [-0.3, -0.25) is 9.59 Å². The highest BCUT2D eigenvalue weighted by molar-refractivity contribution is 5.69. The van der Waals surface area contributed by atoms with E-state index < -0.39 is 0 Å². The SMILES string of the molecule is COC(=O)CCc1ccc(CCCCCCc2ccc(CCC(=O)OC)cc2)cc1. The predicted molar refractivity (Wildman–Crippen MR) is 119 cm³/mol. The van der Waals surface area contributed by atoms with Crippen LogP contribution in [0.4, 0.5) is 0 Å². The first-order valence-corrected chi connectivity index (χ1v) is 10.9. The molecule has 2 rings (SSSR count). The highest BCUT2D eigenvalue weighted by Crippen LogP contribution is 2.14. The summed E-state index contributed by atoms with van der Waals surface area (Å²) in [6, 6.07) is 17.2. The van der Waals surface area contributed by atoms with Crippen LogP contribution in [0.1, 0.15) is 60.8 Å². The largest absolute Gasteiger partial charge is 0.469 e. The van der Waals surface area contributed by atoms with Crippen molar-refractivity contribution in [3.8, 4) is 0 Å². The summed E-state index contributed by atoms with van der Waals surface area (Å²) in [6.45, 7) is 0. The number of rotatable bonds is 13. The van der Waals surface area contributed by atoms with Gasteiger partial charge in [0, 0.05) is 12.8 Å². The molecule has 0 aromatic heterocycles. The molecule has 0 amide bonds. The summed E-state index contributed by atoms with van der Waals surface area (Å²) >= 11 is 0. The minimum atomic E-state index is -0.159. The van der Waals surface area contributed by atoms with E-state index in [1.807, 2.05) is 0 Å². The second-order valence-corrected chi connectivity index (χ2v) is 7.70. The zero-order chi connectivity index (χ0) is 21.6. The van der Waals surface area contributed by atoms with E-state index >= 15 is 0 Å². The molecule has 0 aliphatic carbocycles. The Balaban J connectivity index is 1.57. The standard InChI is InChI=1S/C26H34O4/c1-29-25(27)19-17-23-13-9-21(10-14-23)7-5-3-4-6-8-22-11-15-24(16-12-22)18-20-26(28)30-2/h9-16H,3-8,17-20H2,1-2H3. The molecule has 0 atom stereocenters. The van der Waals surface area contributed by atoms with E-state index in [1.54, 1.807) is 0 Å². The summed E-state index contributed by atoms with van der Waals surface area (Å²) in [4.78, 5) is 22.4. The van der Waals surface area contributed by atoms with Gasteiger partial charge in [-0.1, -0.05) is 61.4 Å². The number of hydrogen-bond acceptors (Lipinski definition) is 4. The van der Waals surface area contributed by atoms with Crippen molar-refractivity contribution < 1.29 is 19.1 Å². The van der Waals surface area contributed by atoms with Crippen LogP contribution in [-0.2, 0) is 44.7 Å². The van der Waals surface area contributed by atoms with Gasteiger partial charge in [-0.25, -0.2) is 0 Å². The van der Waals surface area contributed by atoms with Crippen molar-refractivity contribution in [1.29, 1.82) is 0 Å². The zero-order valence-electron chi connectivity index (χ0n) is 18.3. The van der Waals surface area contributed by atoms with E-state index in [0.29, 0.717) is 12.8 Å². The number of benzene rings is 2. The molecule has 0 aliphatic rings. The van der Waals surface area contributed by atoms with E-state index in [0.717, 1.165) is 25.7 Å². The Morgan fingerprint density at radius 3 is 1.13 bits per heavy atom. The summed E-state index contributed by atoms with van der Waals surface area (Å²) < 4.78 is 9.36. The molecule has 0 bridgehead atoms. The minimum absolute atomic E-state index is 0.159. The average Bonchev–Trinajstić information content (AvgIpc) is 2.79. The van der Waals surface area contributed by atoms with Crippen LogP contribution in [0.25, 0.3) is 0 Å². The van der Waals surface area contributed by atoms with E-state index in [4.69, 9.17) is 0 Å². The maximum Gasteiger partial charge on any atom is 0.305 e. The van der Waals surface area contributed by atoms with Crippen LogP contribution in [0, 0.1) is 0 Å². The molecule has 162 valence electrons. The first-order chi connectivity index (χ1) is 14.6.